The highest BCUT2D eigenvalue weighted by Gasteiger charge is 2.34. The van der Waals surface area contributed by atoms with Crippen molar-refractivity contribution in [3.8, 4) is 0 Å². The summed E-state index contributed by atoms with van der Waals surface area (Å²) in [5.74, 6) is 0. The predicted molar refractivity (Wildman–Crippen MR) is 112 cm³/mol. The zero-order valence-electron chi connectivity index (χ0n) is 18.7. The zero-order valence-corrected chi connectivity index (χ0v) is 18.7. The van der Waals surface area contributed by atoms with Crippen molar-refractivity contribution in [2.45, 2.75) is 84.8 Å². The Morgan fingerprint density at radius 3 is 1.77 bits per heavy atom. The summed E-state index contributed by atoms with van der Waals surface area (Å²) in [6.07, 6.45) is 5.25. The molecule has 0 saturated carbocycles. The Hall–Kier alpha value is -0.160. The van der Waals surface area contributed by atoms with Crippen molar-refractivity contribution in [3.05, 3.63) is 0 Å². The standard InChI is InChI=1S/C22H45N3O/c1-21(2,3)18-23-12-8-19(9-13-23)25(16-17-26-7)20-10-14-24(15-11-20)22(4,5)6/h19-20H,8-18H2,1-7H3. The van der Waals surface area contributed by atoms with Gasteiger partial charge >= 0.3 is 0 Å². The first-order chi connectivity index (χ1) is 12.1. The molecule has 0 aromatic carbocycles. The van der Waals surface area contributed by atoms with E-state index in [1.807, 2.05) is 7.11 Å². The number of hydrogen-bond acceptors (Lipinski definition) is 4. The van der Waals surface area contributed by atoms with E-state index in [0.29, 0.717) is 11.0 Å². The summed E-state index contributed by atoms with van der Waals surface area (Å²) in [6.45, 7) is 22.3. The maximum absolute atomic E-state index is 5.45. The number of piperidine rings is 2. The second-order valence-corrected chi connectivity index (χ2v) is 10.7. The highest BCUT2D eigenvalue weighted by Crippen LogP contribution is 2.28. The van der Waals surface area contributed by atoms with E-state index in [1.165, 1.54) is 58.4 Å². The largest absolute Gasteiger partial charge is 0.383 e. The van der Waals surface area contributed by atoms with Crippen molar-refractivity contribution in [1.29, 1.82) is 0 Å². The molecule has 2 fully saturated rings. The number of methoxy groups -OCH3 is 1. The van der Waals surface area contributed by atoms with Crippen LogP contribution in [0.5, 0.6) is 0 Å². The molecule has 0 atom stereocenters. The first-order valence-electron chi connectivity index (χ1n) is 10.8. The Morgan fingerprint density at radius 2 is 1.35 bits per heavy atom. The van der Waals surface area contributed by atoms with Gasteiger partial charge in [0.15, 0.2) is 0 Å². The van der Waals surface area contributed by atoms with Crippen LogP contribution in [0, 0.1) is 5.41 Å². The summed E-state index contributed by atoms with van der Waals surface area (Å²) in [7, 11) is 1.84. The SMILES string of the molecule is COCCN(C1CCN(CC(C)(C)C)CC1)C1CCN(C(C)(C)C)CC1. The van der Waals surface area contributed by atoms with E-state index < -0.39 is 0 Å². The highest BCUT2D eigenvalue weighted by atomic mass is 16.5. The van der Waals surface area contributed by atoms with Crippen molar-refractivity contribution in [2.24, 2.45) is 5.41 Å². The van der Waals surface area contributed by atoms with Crippen LogP contribution in [0.15, 0.2) is 0 Å². The minimum absolute atomic E-state index is 0.306. The monoisotopic (exact) mass is 367 g/mol. The molecular formula is C22H45N3O. The van der Waals surface area contributed by atoms with Gasteiger partial charge in [-0.25, -0.2) is 0 Å². The van der Waals surface area contributed by atoms with Crippen LogP contribution in [0.2, 0.25) is 0 Å². The lowest BCUT2D eigenvalue weighted by Crippen LogP contribution is -2.55. The molecule has 0 radical (unpaired) electrons. The number of rotatable bonds is 6. The molecule has 0 amide bonds. The number of ether oxygens (including phenoxy) is 1. The Labute approximate surface area is 163 Å². The first kappa shape index (κ1) is 22.1. The molecule has 2 aliphatic heterocycles. The summed E-state index contributed by atoms with van der Waals surface area (Å²) in [6, 6.07) is 1.48. The van der Waals surface area contributed by atoms with Gasteiger partial charge in [-0.3, -0.25) is 9.80 Å². The second kappa shape index (κ2) is 9.36. The van der Waals surface area contributed by atoms with Crippen molar-refractivity contribution >= 4 is 0 Å². The van der Waals surface area contributed by atoms with E-state index in [-0.39, 0.29) is 0 Å². The van der Waals surface area contributed by atoms with Crippen LogP contribution in [0.1, 0.15) is 67.2 Å². The van der Waals surface area contributed by atoms with Gasteiger partial charge in [-0.2, -0.15) is 0 Å². The van der Waals surface area contributed by atoms with Gasteiger partial charge in [-0.15, -0.1) is 0 Å². The van der Waals surface area contributed by atoms with Crippen molar-refractivity contribution < 1.29 is 4.74 Å². The van der Waals surface area contributed by atoms with E-state index in [2.05, 4.69) is 56.2 Å². The molecule has 2 heterocycles. The Bertz CT molecular complexity index is 397. The number of hydrogen-bond donors (Lipinski definition) is 0. The topological polar surface area (TPSA) is 19.0 Å². The minimum Gasteiger partial charge on any atom is -0.383 e. The third-order valence-corrected chi connectivity index (χ3v) is 6.16. The normalized spacial score (nSPS) is 23.1. The van der Waals surface area contributed by atoms with Crippen LogP contribution in [0.25, 0.3) is 0 Å². The molecule has 0 spiro atoms. The lowest BCUT2D eigenvalue weighted by atomic mass is 9.92. The molecular weight excluding hydrogens is 322 g/mol. The fraction of sp³-hybridized carbons (Fsp3) is 1.00. The number of likely N-dealkylation sites (tertiary alicyclic amines) is 2. The molecule has 4 nitrogen and oxygen atoms in total. The van der Waals surface area contributed by atoms with E-state index >= 15 is 0 Å². The van der Waals surface area contributed by atoms with Gasteiger partial charge in [-0.1, -0.05) is 20.8 Å². The van der Waals surface area contributed by atoms with Crippen molar-refractivity contribution in [1.82, 2.24) is 14.7 Å². The van der Waals surface area contributed by atoms with E-state index in [1.54, 1.807) is 0 Å². The molecule has 154 valence electrons. The fourth-order valence-electron chi connectivity index (χ4n) is 4.81. The Morgan fingerprint density at radius 1 is 0.846 bits per heavy atom. The average molecular weight is 368 g/mol. The summed E-state index contributed by atoms with van der Waals surface area (Å²) in [5.41, 5.74) is 0.711. The predicted octanol–water partition coefficient (Wildman–Crippen LogP) is 3.71. The summed E-state index contributed by atoms with van der Waals surface area (Å²) in [5, 5.41) is 0. The summed E-state index contributed by atoms with van der Waals surface area (Å²) < 4.78 is 5.45. The smallest absolute Gasteiger partial charge is 0.0589 e. The molecule has 0 unspecified atom stereocenters. The first-order valence-corrected chi connectivity index (χ1v) is 10.8. The maximum Gasteiger partial charge on any atom is 0.0589 e. The molecule has 0 bridgehead atoms. The highest BCUT2D eigenvalue weighted by molar-refractivity contribution is 4.90. The van der Waals surface area contributed by atoms with Gasteiger partial charge in [0, 0.05) is 50.9 Å². The third kappa shape index (κ3) is 6.78. The lowest BCUT2D eigenvalue weighted by molar-refractivity contribution is 0.00394. The lowest BCUT2D eigenvalue weighted by Gasteiger charge is -2.48. The van der Waals surface area contributed by atoms with Crippen molar-refractivity contribution in [2.75, 3.05) is 53.0 Å². The van der Waals surface area contributed by atoms with Gasteiger partial charge < -0.3 is 9.64 Å². The average Bonchev–Trinajstić information content (AvgIpc) is 2.55. The van der Waals surface area contributed by atoms with Crippen LogP contribution in [0.3, 0.4) is 0 Å². The molecule has 0 aromatic rings. The fourth-order valence-corrected chi connectivity index (χ4v) is 4.81. The van der Waals surface area contributed by atoms with Crippen LogP contribution in [-0.2, 0) is 4.74 Å². The van der Waals surface area contributed by atoms with Crippen LogP contribution in [-0.4, -0.2) is 85.3 Å². The van der Waals surface area contributed by atoms with Gasteiger partial charge in [0.25, 0.3) is 0 Å². The Kier molecular flexibility index (Phi) is 7.97. The maximum atomic E-state index is 5.45. The number of nitrogens with zero attached hydrogens (tertiary/aromatic N) is 3. The van der Waals surface area contributed by atoms with E-state index in [9.17, 15) is 0 Å². The van der Waals surface area contributed by atoms with Gasteiger partial charge in [0.1, 0.15) is 0 Å². The molecule has 2 rings (SSSR count). The molecule has 4 heteroatoms. The zero-order chi connectivity index (χ0) is 19.4. The molecule has 0 aliphatic carbocycles. The van der Waals surface area contributed by atoms with E-state index in [0.717, 1.165) is 25.2 Å². The van der Waals surface area contributed by atoms with Gasteiger partial charge in [-0.05, 0) is 65.0 Å². The molecule has 0 N–H and O–H groups in total. The van der Waals surface area contributed by atoms with Gasteiger partial charge in [0.05, 0.1) is 6.61 Å². The van der Waals surface area contributed by atoms with E-state index in [4.69, 9.17) is 4.74 Å². The molecule has 0 aromatic heterocycles. The second-order valence-electron chi connectivity index (χ2n) is 10.7. The Balaban J connectivity index is 1.90. The van der Waals surface area contributed by atoms with Crippen molar-refractivity contribution in [3.63, 3.8) is 0 Å². The van der Waals surface area contributed by atoms with Crippen LogP contribution >= 0.6 is 0 Å². The summed E-state index contributed by atoms with van der Waals surface area (Å²) >= 11 is 0. The third-order valence-electron chi connectivity index (χ3n) is 6.16. The minimum atomic E-state index is 0.306. The molecule has 2 saturated heterocycles. The van der Waals surface area contributed by atoms with Crippen LogP contribution in [0.4, 0.5) is 0 Å². The quantitative estimate of drug-likeness (QED) is 0.712. The van der Waals surface area contributed by atoms with Gasteiger partial charge in [0.2, 0.25) is 0 Å². The van der Waals surface area contributed by atoms with Crippen LogP contribution < -0.4 is 0 Å². The molecule has 26 heavy (non-hydrogen) atoms. The summed E-state index contributed by atoms with van der Waals surface area (Å²) in [4.78, 5) is 8.15. The molecule has 2 aliphatic rings.